The Morgan fingerprint density at radius 1 is 1.00 bits per heavy atom. The molecule has 0 aliphatic rings. The van der Waals surface area contributed by atoms with Crippen molar-refractivity contribution in [3.05, 3.63) is 61.6 Å². The number of rotatable bonds is 3. The first-order chi connectivity index (χ1) is 8.99. The first kappa shape index (κ1) is 13.9. The Labute approximate surface area is 123 Å². The van der Waals surface area contributed by atoms with Crippen LogP contribution < -0.4 is 4.74 Å². The zero-order valence-corrected chi connectivity index (χ0v) is 11.5. The molecule has 0 aliphatic carbocycles. The van der Waals surface area contributed by atoms with E-state index < -0.39 is 4.92 Å². The van der Waals surface area contributed by atoms with Gasteiger partial charge >= 0.3 is 0 Å². The molecule has 0 fully saturated rings. The first-order valence-corrected chi connectivity index (χ1v) is 6.18. The number of hydrogen-bond donors (Lipinski definition) is 0. The fourth-order valence-corrected chi connectivity index (χ4v) is 2.06. The lowest BCUT2D eigenvalue weighted by Crippen LogP contribution is -1.91. The van der Waals surface area contributed by atoms with Gasteiger partial charge in [0.15, 0.2) is 5.75 Å². The molecule has 0 aromatic heterocycles. The number of hydrogen-bond acceptors (Lipinski definition) is 3. The number of nitrogens with zero attached hydrogens (tertiary/aromatic N) is 1. The molecule has 0 bridgehead atoms. The van der Waals surface area contributed by atoms with Crippen molar-refractivity contribution in [2.75, 3.05) is 0 Å². The van der Waals surface area contributed by atoms with Gasteiger partial charge in [0, 0.05) is 12.1 Å². The Morgan fingerprint density at radius 3 is 2.16 bits per heavy atom. The second-order valence-corrected chi connectivity index (χ2v) is 4.75. The predicted octanol–water partition coefficient (Wildman–Crippen LogP) is 5.35. The molecule has 0 aliphatic heterocycles. The Bertz CT molecular complexity index is 626. The fraction of sp³-hybridized carbons (Fsp3) is 0. The van der Waals surface area contributed by atoms with Gasteiger partial charge in [0.1, 0.15) is 5.75 Å². The van der Waals surface area contributed by atoms with E-state index in [1.54, 1.807) is 18.2 Å². The highest BCUT2D eigenvalue weighted by Gasteiger charge is 2.13. The van der Waals surface area contributed by atoms with Gasteiger partial charge in [-0.1, -0.05) is 40.9 Å². The first-order valence-electron chi connectivity index (χ1n) is 5.05. The lowest BCUT2D eigenvalue weighted by Gasteiger charge is -2.10. The van der Waals surface area contributed by atoms with Crippen LogP contribution in [0.4, 0.5) is 5.69 Å². The Morgan fingerprint density at radius 2 is 1.63 bits per heavy atom. The minimum atomic E-state index is -0.544. The molecule has 0 radical (unpaired) electrons. The molecule has 7 heteroatoms. The molecule has 0 N–H and O–H groups in total. The number of halogens is 3. The highest BCUT2D eigenvalue weighted by molar-refractivity contribution is 6.37. The summed E-state index contributed by atoms with van der Waals surface area (Å²) in [5, 5.41) is 11.3. The summed E-state index contributed by atoms with van der Waals surface area (Å²) < 4.78 is 5.49. The van der Waals surface area contributed by atoms with E-state index in [0.29, 0.717) is 10.0 Å². The highest BCUT2D eigenvalue weighted by Crippen LogP contribution is 2.39. The van der Waals surface area contributed by atoms with Crippen LogP contribution in [-0.4, -0.2) is 4.92 Å². The smallest absolute Gasteiger partial charge is 0.271 e. The number of nitro benzene ring substituents is 1. The second-order valence-electron chi connectivity index (χ2n) is 3.52. The molecular weight excluding hydrogens is 312 g/mol. The molecule has 19 heavy (non-hydrogen) atoms. The normalized spacial score (nSPS) is 10.3. The molecule has 0 spiro atoms. The molecule has 2 aromatic carbocycles. The van der Waals surface area contributed by atoms with Crippen molar-refractivity contribution in [3.8, 4) is 11.5 Å². The van der Waals surface area contributed by atoms with Gasteiger partial charge in [0.2, 0.25) is 0 Å². The summed E-state index contributed by atoms with van der Waals surface area (Å²) in [4.78, 5) is 10.1. The van der Waals surface area contributed by atoms with Crippen LogP contribution in [0.15, 0.2) is 36.4 Å². The molecule has 2 rings (SSSR count). The summed E-state index contributed by atoms with van der Waals surface area (Å²) in [5.41, 5.74) is -0.123. The summed E-state index contributed by atoms with van der Waals surface area (Å²) in [5.74, 6) is 0.490. The zero-order chi connectivity index (χ0) is 14.0. The maximum Gasteiger partial charge on any atom is 0.271 e. The summed E-state index contributed by atoms with van der Waals surface area (Å²) in [6.45, 7) is 0. The van der Waals surface area contributed by atoms with Crippen molar-refractivity contribution < 1.29 is 9.66 Å². The average Bonchev–Trinajstić information content (AvgIpc) is 2.35. The zero-order valence-electron chi connectivity index (χ0n) is 9.27. The maximum atomic E-state index is 10.6. The largest absolute Gasteiger partial charge is 0.453 e. The predicted molar refractivity (Wildman–Crippen MR) is 74.6 cm³/mol. The van der Waals surface area contributed by atoms with Crippen LogP contribution in [0, 0.1) is 10.1 Å². The van der Waals surface area contributed by atoms with Gasteiger partial charge in [-0.3, -0.25) is 10.1 Å². The molecule has 0 saturated heterocycles. The fourth-order valence-electron chi connectivity index (χ4n) is 1.38. The summed E-state index contributed by atoms with van der Waals surface area (Å²) >= 11 is 17.8. The van der Waals surface area contributed by atoms with E-state index in [1.807, 2.05) is 0 Å². The van der Waals surface area contributed by atoms with Gasteiger partial charge in [-0.05, 0) is 18.2 Å². The molecule has 98 valence electrons. The maximum absolute atomic E-state index is 10.6. The van der Waals surface area contributed by atoms with E-state index in [9.17, 15) is 10.1 Å². The van der Waals surface area contributed by atoms with Gasteiger partial charge < -0.3 is 4.74 Å². The molecule has 0 atom stereocenters. The third-order valence-electron chi connectivity index (χ3n) is 2.26. The van der Waals surface area contributed by atoms with Gasteiger partial charge in [0.05, 0.1) is 20.0 Å². The third kappa shape index (κ3) is 3.10. The third-order valence-corrected chi connectivity index (χ3v) is 3.15. The molecule has 0 amide bonds. The Kier molecular flexibility index (Phi) is 4.14. The molecule has 0 heterocycles. The molecule has 0 saturated carbocycles. The summed E-state index contributed by atoms with van der Waals surface area (Å²) in [7, 11) is 0. The SMILES string of the molecule is O=[N+]([O-])c1ccc(Oc2c(Cl)cccc2Cl)c(Cl)c1. The average molecular weight is 319 g/mol. The molecule has 0 unspecified atom stereocenters. The number of non-ortho nitro benzene ring substituents is 1. The number of benzene rings is 2. The highest BCUT2D eigenvalue weighted by atomic mass is 35.5. The van der Waals surface area contributed by atoms with Crippen molar-refractivity contribution in [2.24, 2.45) is 0 Å². The van der Waals surface area contributed by atoms with E-state index in [2.05, 4.69) is 0 Å². The number of nitro groups is 1. The molecule has 2 aromatic rings. The van der Waals surface area contributed by atoms with Crippen LogP contribution in [0.2, 0.25) is 15.1 Å². The lowest BCUT2D eigenvalue weighted by atomic mass is 10.3. The van der Waals surface area contributed by atoms with Crippen molar-refractivity contribution in [2.45, 2.75) is 0 Å². The van der Waals surface area contributed by atoms with E-state index >= 15 is 0 Å². The molecule has 4 nitrogen and oxygen atoms in total. The number of para-hydroxylation sites is 1. The minimum Gasteiger partial charge on any atom is -0.453 e. The number of ether oxygens (including phenoxy) is 1. The lowest BCUT2D eigenvalue weighted by molar-refractivity contribution is -0.384. The monoisotopic (exact) mass is 317 g/mol. The second kappa shape index (κ2) is 5.65. The van der Waals surface area contributed by atoms with E-state index in [4.69, 9.17) is 39.5 Å². The van der Waals surface area contributed by atoms with Crippen molar-refractivity contribution in [1.82, 2.24) is 0 Å². The van der Waals surface area contributed by atoms with Crippen molar-refractivity contribution >= 4 is 40.5 Å². The van der Waals surface area contributed by atoms with Crippen molar-refractivity contribution in [1.29, 1.82) is 0 Å². The van der Waals surface area contributed by atoms with E-state index in [1.165, 1.54) is 18.2 Å². The standard InChI is InChI=1S/C12H6Cl3NO3/c13-8-2-1-3-9(14)12(8)19-11-5-4-7(16(17)18)6-10(11)15/h1-6H. The summed E-state index contributed by atoms with van der Waals surface area (Å²) in [6, 6.07) is 8.77. The topological polar surface area (TPSA) is 52.4 Å². The van der Waals surface area contributed by atoms with Crippen LogP contribution in [0.25, 0.3) is 0 Å². The van der Waals surface area contributed by atoms with Crippen molar-refractivity contribution in [3.63, 3.8) is 0 Å². The quantitative estimate of drug-likeness (QED) is 0.566. The summed E-state index contributed by atoms with van der Waals surface area (Å²) in [6.07, 6.45) is 0. The van der Waals surface area contributed by atoms with Crippen LogP contribution in [0.3, 0.4) is 0 Å². The minimum absolute atomic E-state index is 0.102. The van der Waals surface area contributed by atoms with Crippen LogP contribution in [0.1, 0.15) is 0 Å². The van der Waals surface area contributed by atoms with Crippen LogP contribution in [-0.2, 0) is 0 Å². The Hall–Kier alpha value is -1.49. The van der Waals surface area contributed by atoms with Crippen LogP contribution >= 0.6 is 34.8 Å². The van der Waals surface area contributed by atoms with E-state index in [0.717, 1.165) is 0 Å². The van der Waals surface area contributed by atoms with Gasteiger partial charge in [0.25, 0.3) is 5.69 Å². The van der Waals surface area contributed by atoms with E-state index in [-0.39, 0.29) is 22.2 Å². The molecular formula is C12H6Cl3NO3. The van der Waals surface area contributed by atoms with Crippen LogP contribution in [0.5, 0.6) is 11.5 Å². The van der Waals surface area contributed by atoms with Gasteiger partial charge in [-0.25, -0.2) is 0 Å². The van der Waals surface area contributed by atoms with Gasteiger partial charge in [-0.15, -0.1) is 0 Å². The Balaban J connectivity index is 2.36. The van der Waals surface area contributed by atoms with Gasteiger partial charge in [-0.2, -0.15) is 0 Å².